The highest BCUT2D eigenvalue weighted by Crippen LogP contribution is 2.30. The molecule has 6 nitrogen and oxygen atoms in total. The Hall–Kier alpha value is -2.51. The van der Waals surface area contributed by atoms with Gasteiger partial charge in [-0.2, -0.15) is 0 Å². The van der Waals surface area contributed by atoms with Gasteiger partial charge in [-0.1, -0.05) is 59.3 Å². The van der Waals surface area contributed by atoms with Gasteiger partial charge in [-0.3, -0.25) is 4.57 Å². The van der Waals surface area contributed by atoms with Crippen LogP contribution in [0.15, 0.2) is 47.6 Å². The molecule has 2 N–H and O–H groups in total. The van der Waals surface area contributed by atoms with E-state index in [1.807, 2.05) is 57.4 Å². The van der Waals surface area contributed by atoms with Crippen LogP contribution in [0, 0.1) is 13.8 Å². The zero-order chi connectivity index (χ0) is 23.5. The first-order valence-electron chi connectivity index (χ1n) is 10.5. The van der Waals surface area contributed by atoms with Crippen molar-refractivity contribution in [2.75, 3.05) is 0 Å². The van der Waals surface area contributed by atoms with Crippen molar-refractivity contribution >= 4 is 29.4 Å². The average Bonchev–Trinajstić information content (AvgIpc) is 3.10. The molecule has 170 valence electrons. The number of thioether (sulfide) groups is 1. The molecule has 1 atom stereocenters. The average molecular weight is 472 g/mol. The van der Waals surface area contributed by atoms with E-state index in [1.54, 1.807) is 11.8 Å². The summed E-state index contributed by atoms with van der Waals surface area (Å²) in [6, 6.07) is 13.5. The first kappa shape index (κ1) is 24.1. The lowest BCUT2D eigenvalue weighted by molar-refractivity contribution is 0.228. The molecule has 0 aliphatic carbocycles. The van der Waals surface area contributed by atoms with Crippen molar-refractivity contribution in [3.63, 3.8) is 0 Å². The fourth-order valence-corrected chi connectivity index (χ4v) is 4.35. The second-order valence-corrected chi connectivity index (χ2v) is 10.3. The molecule has 0 fully saturated rings. The second-order valence-electron chi connectivity index (χ2n) is 8.95. The van der Waals surface area contributed by atoms with Crippen LogP contribution >= 0.6 is 23.4 Å². The predicted octanol–water partition coefficient (Wildman–Crippen LogP) is 5.99. The van der Waals surface area contributed by atoms with Crippen LogP contribution in [0.2, 0.25) is 5.02 Å². The van der Waals surface area contributed by atoms with Crippen LogP contribution in [0.3, 0.4) is 0 Å². The van der Waals surface area contributed by atoms with Crippen molar-refractivity contribution in [3.05, 3.63) is 70.0 Å². The fraction of sp³-hybridized carbons (Fsp3) is 0.375. The second kappa shape index (κ2) is 9.96. The summed E-state index contributed by atoms with van der Waals surface area (Å²) in [5, 5.41) is 16.2. The molecule has 0 saturated carbocycles. The Morgan fingerprint density at radius 1 is 1.16 bits per heavy atom. The number of hydrogen-bond acceptors (Lipinski definition) is 4. The molecule has 2 amide bonds. The van der Waals surface area contributed by atoms with E-state index < -0.39 is 0 Å². The van der Waals surface area contributed by atoms with E-state index in [0.29, 0.717) is 10.8 Å². The minimum atomic E-state index is -0.364. The molecular formula is C24H30ClN5OS. The molecule has 8 heteroatoms. The summed E-state index contributed by atoms with van der Waals surface area (Å²) in [6.07, 6.45) is 0. The molecule has 0 bridgehead atoms. The Kier molecular flexibility index (Phi) is 7.51. The first-order chi connectivity index (χ1) is 15.0. The summed E-state index contributed by atoms with van der Waals surface area (Å²) >= 11 is 7.93. The zero-order valence-electron chi connectivity index (χ0n) is 19.4. The lowest BCUT2D eigenvalue weighted by atomic mass is 10.1. The Morgan fingerprint density at radius 2 is 1.91 bits per heavy atom. The number of amides is 2. The standard InChI is InChI=1S/C24H30ClN5OS/c1-15-8-7-9-18(12-15)14-32-23-29-28-21(17(3)26-22(31)27-24(4,5)6)30(23)20-13-19(25)11-10-16(20)2/h7-13,17H,14H2,1-6H3,(H2,26,27,31). The lowest BCUT2D eigenvalue weighted by Gasteiger charge is -2.23. The maximum atomic E-state index is 12.5. The molecule has 0 aliphatic heterocycles. The Balaban J connectivity index is 1.94. The summed E-state index contributed by atoms with van der Waals surface area (Å²) in [5.74, 6) is 1.40. The number of nitrogens with zero attached hydrogens (tertiary/aromatic N) is 3. The molecule has 1 aromatic heterocycles. The molecule has 1 heterocycles. The number of carbonyl (C=O) groups excluding carboxylic acids is 1. The number of aromatic nitrogens is 3. The van der Waals surface area contributed by atoms with Gasteiger partial charge >= 0.3 is 6.03 Å². The quantitative estimate of drug-likeness (QED) is 0.433. The van der Waals surface area contributed by atoms with Crippen molar-refractivity contribution in [2.24, 2.45) is 0 Å². The molecule has 3 aromatic rings. The molecule has 0 spiro atoms. The molecule has 1 unspecified atom stereocenters. The third-order valence-electron chi connectivity index (χ3n) is 4.74. The summed E-state index contributed by atoms with van der Waals surface area (Å²) in [5.41, 5.74) is 4.03. The van der Waals surface area contributed by atoms with Crippen LogP contribution in [0.1, 0.15) is 56.3 Å². The van der Waals surface area contributed by atoms with E-state index in [0.717, 1.165) is 22.2 Å². The van der Waals surface area contributed by atoms with Crippen LogP contribution in [0.4, 0.5) is 4.79 Å². The molecule has 0 aliphatic rings. The number of nitrogens with one attached hydrogen (secondary N) is 2. The normalized spacial score (nSPS) is 12.5. The molecule has 2 aromatic carbocycles. The number of aryl methyl sites for hydroxylation is 2. The predicted molar refractivity (Wildman–Crippen MR) is 132 cm³/mol. The van der Waals surface area contributed by atoms with Gasteiger partial charge < -0.3 is 10.6 Å². The third kappa shape index (κ3) is 6.26. The highest BCUT2D eigenvalue weighted by molar-refractivity contribution is 7.98. The zero-order valence-corrected chi connectivity index (χ0v) is 20.9. The van der Waals surface area contributed by atoms with Crippen molar-refractivity contribution in [2.45, 2.75) is 64.0 Å². The highest BCUT2D eigenvalue weighted by atomic mass is 35.5. The van der Waals surface area contributed by atoms with Gasteiger partial charge in [0, 0.05) is 16.3 Å². The number of urea groups is 1. The number of carbonyl (C=O) groups is 1. The van der Waals surface area contributed by atoms with E-state index >= 15 is 0 Å². The lowest BCUT2D eigenvalue weighted by Crippen LogP contribution is -2.47. The Morgan fingerprint density at radius 3 is 2.59 bits per heavy atom. The van der Waals surface area contributed by atoms with Crippen LogP contribution in [0.5, 0.6) is 0 Å². The van der Waals surface area contributed by atoms with E-state index in [-0.39, 0.29) is 17.6 Å². The number of rotatable bonds is 6. The van der Waals surface area contributed by atoms with Gasteiger partial charge in [-0.25, -0.2) is 4.79 Å². The monoisotopic (exact) mass is 471 g/mol. The van der Waals surface area contributed by atoms with E-state index in [1.165, 1.54) is 11.1 Å². The minimum Gasteiger partial charge on any atom is -0.334 e. The van der Waals surface area contributed by atoms with Crippen LogP contribution in [-0.4, -0.2) is 26.3 Å². The van der Waals surface area contributed by atoms with Crippen molar-refractivity contribution in [1.82, 2.24) is 25.4 Å². The van der Waals surface area contributed by atoms with Crippen LogP contribution in [0.25, 0.3) is 5.69 Å². The Labute approximate surface area is 199 Å². The van der Waals surface area contributed by atoms with E-state index in [2.05, 4.69) is 52.0 Å². The molecule has 0 radical (unpaired) electrons. The molecular weight excluding hydrogens is 442 g/mol. The SMILES string of the molecule is Cc1cccc(CSc2nnc(C(C)NC(=O)NC(C)(C)C)n2-c2cc(Cl)ccc2C)c1. The maximum absolute atomic E-state index is 12.5. The Bertz CT molecular complexity index is 1110. The van der Waals surface area contributed by atoms with Crippen molar-refractivity contribution < 1.29 is 4.79 Å². The summed E-state index contributed by atoms with van der Waals surface area (Å²) in [6.45, 7) is 11.8. The molecule has 3 rings (SSSR count). The highest BCUT2D eigenvalue weighted by Gasteiger charge is 2.23. The number of benzene rings is 2. The van der Waals surface area contributed by atoms with Gasteiger partial charge in [0.15, 0.2) is 11.0 Å². The summed E-state index contributed by atoms with van der Waals surface area (Å²) in [4.78, 5) is 12.5. The van der Waals surface area contributed by atoms with Gasteiger partial charge in [0.05, 0.1) is 11.7 Å². The van der Waals surface area contributed by atoms with Crippen molar-refractivity contribution in [1.29, 1.82) is 0 Å². The van der Waals surface area contributed by atoms with Crippen molar-refractivity contribution in [3.8, 4) is 5.69 Å². The third-order valence-corrected chi connectivity index (χ3v) is 5.98. The van der Waals surface area contributed by atoms with Gasteiger partial charge in [-0.15, -0.1) is 10.2 Å². The molecule has 32 heavy (non-hydrogen) atoms. The molecule has 0 saturated heterocycles. The maximum Gasteiger partial charge on any atom is 0.315 e. The topological polar surface area (TPSA) is 71.8 Å². The van der Waals surface area contributed by atoms with E-state index in [4.69, 9.17) is 11.6 Å². The van der Waals surface area contributed by atoms with Gasteiger partial charge in [0.25, 0.3) is 0 Å². The minimum absolute atomic E-state index is 0.253. The first-order valence-corrected chi connectivity index (χ1v) is 11.9. The smallest absolute Gasteiger partial charge is 0.315 e. The number of halogens is 1. The van der Waals surface area contributed by atoms with Gasteiger partial charge in [0.1, 0.15) is 0 Å². The van der Waals surface area contributed by atoms with Gasteiger partial charge in [0.2, 0.25) is 0 Å². The van der Waals surface area contributed by atoms with E-state index in [9.17, 15) is 4.79 Å². The van der Waals surface area contributed by atoms with Gasteiger partial charge in [-0.05, 0) is 64.8 Å². The summed E-state index contributed by atoms with van der Waals surface area (Å²) < 4.78 is 1.99. The van der Waals surface area contributed by atoms with Crippen LogP contribution < -0.4 is 10.6 Å². The largest absolute Gasteiger partial charge is 0.334 e. The fourth-order valence-electron chi connectivity index (χ4n) is 3.29. The summed E-state index contributed by atoms with van der Waals surface area (Å²) in [7, 11) is 0. The van der Waals surface area contributed by atoms with Crippen LogP contribution in [-0.2, 0) is 5.75 Å². The number of hydrogen-bond donors (Lipinski definition) is 2.